The van der Waals surface area contributed by atoms with Crippen LogP contribution in [0.5, 0.6) is 0 Å². The number of carbonyl (C=O) groups excluding carboxylic acids is 2. The molecular formula is C88H158O5. The minimum atomic E-state index is -0.777. The maximum absolute atomic E-state index is 12.4. The highest BCUT2D eigenvalue weighted by Gasteiger charge is 2.16. The van der Waals surface area contributed by atoms with Crippen LogP contribution in [-0.4, -0.2) is 36.4 Å². The standard InChI is InChI=1S/C88H158O5/c1-3-5-7-9-11-13-15-17-19-21-23-25-27-29-31-33-35-37-39-41-43-45-46-48-50-52-54-56-58-60-62-64-66-68-70-72-74-76-78-80-82-87(90)92-85-86(84-89)93-88(91)83-81-79-77-75-73-71-69-67-65-63-61-59-57-55-53-51-49-47-44-42-40-38-36-34-32-30-28-26-24-22-20-18-16-14-12-10-8-6-4-2/h6,8,12,14,18,20,24,26,30,32,36,38,42,44,49,51,86,89H,3-5,7,9-11,13,15-17,19,21-23,25,27-29,31,33-35,37,39-41,43,45-48,50,52-85H2,1-2H3/b8-6-,14-12-,20-18-,26-24-,32-30-,38-36-,44-42-,51-49-. The van der Waals surface area contributed by atoms with Crippen LogP contribution < -0.4 is 0 Å². The molecule has 1 N–H and O–H groups in total. The normalized spacial score (nSPS) is 12.7. The van der Waals surface area contributed by atoms with E-state index in [1.54, 1.807) is 0 Å². The lowest BCUT2D eigenvalue weighted by Gasteiger charge is -2.15. The molecule has 0 radical (unpaired) electrons. The second kappa shape index (κ2) is 83.0. The molecule has 0 aromatic carbocycles. The molecule has 1 atom stereocenters. The summed E-state index contributed by atoms with van der Waals surface area (Å²) in [5.41, 5.74) is 0. The van der Waals surface area contributed by atoms with Crippen LogP contribution in [-0.2, 0) is 19.1 Å². The van der Waals surface area contributed by atoms with Crippen molar-refractivity contribution in [2.75, 3.05) is 13.2 Å². The van der Waals surface area contributed by atoms with E-state index in [-0.39, 0.29) is 25.2 Å². The summed E-state index contributed by atoms with van der Waals surface area (Å²) < 4.78 is 10.8. The largest absolute Gasteiger partial charge is 0.462 e. The van der Waals surface area contributed by atoms with Crippen LogP contribution in [0.1, 0.15) is 431 Å². The van der Waals surface area contributed by atoms with E-state index in [1.165, 1.54) is 315 Å². The van der Waals surface area contributed by atoms with Gasteiger partial charge in [-0.25, -0.2) is 0 Å². The Kier molecular flexibility index (Phi) is 80.2. The molecule has 0 amide bonds. The molecule has 0 aliphatic carbocycles. The maximum Gasteiger partial charge on any atom is 0.306 e. The molecule has 0 aliphatic rings. The summed E-state index contributed by atoms with van der Waals surface area (Å²) in [6, 6.07) is 0. The summed E-state index contributed by atoms with van der Waals surface area (Å²) in [7, 11) is 0. The fourth-order valence-corrected chi connectivity index (χ4v) is 12.5. The molecule has 5 nitrogen and oxygen atoms in total. The minimum absolute atomic E-state index is 0.0641. The van der Waals surface area contributed by atoms with Crippen LogP contribution in [0.4, 0.5) is 0 Å². The van der Waals surface area contributed by atoms with Crippen LogP contribution in [0, 0.1) is 0 Å². The third-order valence-corrected chi connectivity index (χ3v) is 18.6. The predicted octanol–water partition coefficient (Wildman–Crippen LogP) is 29.3. The van der Waals surface area contributed by atoms with Crippen molar-refractivity contribution >= 4 is 11.9 Å². The van der Waals surface area contributed by atoms with E-state index in [0.29, 0.717) is 12.8 Å². The van der Waals surface area contributed by atoms with E-state index in [2.05, 4.69) is 111 Å². The highest BCUT2D eigenvalue weighted by atomic mass is 16.6. The lowest BCUT2D eigenvalue weighted by atomic mass is 10.0. The van der Waals surface area contributed by atoms with Crippen LogP contribution >= 0.6 is 0 Å². The van der Waals surface area contributed by atoms with Gasteiger partial charge in [-0.05, 0) is 77.0 Å². The van der Waals surface area contributed by atoms with Gasteiger partial charge in [0.25, 0.3) is 0 Å². The van der Waals surface area contributed by atoms with Gasteiger partial charge < -0.3 is 14.6 Å². The van der Waals surface area contributed by atoms with Crippen molar-refractivity contribution in [1.29, 1.82) is 0 Å². The molecule has 0 aromatic heterocycles. The lowest BCUT2D eigenvalue weighted by molar-refractivity contribution is -0.161. The van der Waals surface area contributed by atoms with E-state index < -0.39 is 6.10 Å². The van der Waals surface area contributed by atoms with Crippen LogP contribution in [0.15, 0.2) is 97.2 Å². The van der Waals surface area contributed by atoms with E-state index in [9.17, 15) is 14.7 Å². The number of ether oxygens (including phenoxy) is 2. The summed E-state index contributed by atoms with van der Waals surface area (Å²) in [6.45, 7) is 4.08. The number of aliphatic hydroxyl groups is 1. The van der Waals surface area contributed by atoms with Gasteiger partial charge in [0, 0.05) is 12.8 Å². The molecule has 0 spiro atoms. The number of hydrogen-bond donors (Lipinski definition) is 1. The number of aliphatic hydroxyl groups excluding tert-OH is 1. The zero-order chi connectivity index (χ0) is 66.8. The zero-order valence-electron chi connectivity index (χ0n) is 62.3. The molecular weight excluding hydrogens is 1140 g/mol. The van der Waals surface area contributed by atoms with Gasteiger partial charge in [-0.2, -0.15) is 0 Å². The van der Waals surface area contributed by atoms with Crippen LogP contribution in [0.3, 0.4) is 0 Å². The molecule has 0 rings (SSSR count). The quantitative estimate of drug-likeness (QED) is 0.0373. The first-order chi connectivity index (χ1) is 46.1. The van der Waals surface area contributed by atoms with Crippen molar-refractivity contribution in [3.63, 3.8) is 0 Å². The van der Waals surface area contributed by atoms with Gasteiger partial charge >= 0.3 is 11.9 Å². The van der Waals surface area contributed by atoms with Crippen LogP contribution in [0.2, 0.25) is 0 Å². The Morgan fingerprint density at radius 3 is 0.699 bits per heavy atom. The first-order valence-corrected chi connectivity index (χ1v) is 41.3. The van der Waals surface area contributed by atoms with Gasteiger partial charge in [0.05, 0.1) is 6.61 Å². The number of hydrogen-bond acceptors (Lipinski definition) is 5. The van der Waals surface area contributed by atoms with Gasteiger partial charge in [0.15, 0.2) is 6.10 Å². The number of esters is 2. The van der Waals surface area contributed by atoms with Crippen molar-refractivity contribution in [1.82, 2.24) is 0 Å². The Hall–Kier alpha value is -3.18. The average Bonchev–Trinajstić information content (AvgIpc) is 3.62. The average molecular weight is 1300 g/mol. The molecule has 1 unspecified atom stereocenters. The smallest absolute Gasteiger partial charge is 0.306 e. The molecule has 0 aliphatic heterocycles. The van der Waals surface area contributed by atoms with Gasteiger partial charge in [-0.1, -0.05) is 439 Å². The van der Waals surface area contributed by atoms with Crippen molar-refractivity contribution in [2.24, 2.45) is 0 Å². The summed E-state index contributed by atoms with van der Waals surface area (Å²) >= 11 is 0. The van der Waals surface area contributed by atoms with Gasteiger partial charge in [-0.3, -0.25) is 9.59 Å². The van der Waals surface area contributed by atoms with E-state index in [4.69, 9.17) is 9.47 Å². The summed E-state index contributed by atoms with van der Waals surface area (Å²) in [5, 5.41) is 9.73. The number of allylic oxidation sites excluding steroid dienone is 16. The molecule has 93 heavy (non-hydrogen) atoms. The Bertz CT molecular complexity index is 1710. The van der Waals surface area contributed by atoms with E-state index >= 15 is 0 Å². The third kappa shape index (κ3) is 81.2. The highest BCUT2D eigenvalue weighted by Crippen LogP contribution is 2.20. The highest BCUT2D eigenvalue weighted by molar-refractivity contribution is 5.70. The number of carbonyl (C=O) groups is 2. The van der Waals surface area contributed by atoms with Crippen molar-refractivity contribution < 1.29 is 24.2 Å². The van der Waals surface area contributed by atoms with E-state index in [0.717, 1.165) is 89.9 Å². The molecule has 0 aromatic rings. The summed E-state index contributed by atoms with van der Waals surface area (Å²) in [4.78, 5) is 24.7. The molecule has 0 bridgehead atoms. The van der Waals surface area contributed by atoms with Crippen molar-refractivity contribution in [3.05, 3.63) is 97.2 Å². The Morgan fingerprint density at radius 2 is 0.462 bits per heavy atom. The topological polar surface area (TPSA) is 72.8 Å². The molecule has 540 valence electrons. The van der Waals surface area contributed by atoms with Gasteiger partial charge in [0.2, 0.25) is 0 Å². The summed E-state index contributed by atoms with van der Waals surface area (Å²) in [5.74, 6) is -0.573. The molecule has 0 saturated heterocycles. The fourth-order valence-electron chi connectivity index (χ4n) is 12.5. The second-order valence-corrected chi connectivity index (χ2v) is 27.8. The lowest BCUT2D eigenvalue weighted by Crippen LogP contribution is -2.28. The SMILES string of the molecule is CC/C=C\C/C=C\C/C=C\C/C=C\C/C=C\C/C=C\C/C=C\C/C=C\CCCCCCCCCCCCCCCCC(=O)OC(CO)COC(=O)CCCCCCCCCCCCCCCCCCCCCCCCCCCCCCCCCCCCCCCCCC. The third-order valence-electron chi connectivity index (χ3n) is 18.6. The molecule has 0 fully saturated rings. The number of rotatable bonds is 77. The first kappa shape index (κ1) is 89.8. The first-order valence-electron chi connectivity index (χ1n) is 41.3. The van der Waals surface area contributed by atoms with Gasteiger partial charge in [-0.15, -0.1) is 0 Å². The second-order valence-electron chi connectivity index (χ2n) is 27.8. The predicted molar refractivity (Wildman–Crippen MR) is 412 cm³/mol. The fraction of sp³-hybridized carbons (Fsp3) is 0.795. The zero-order valence-corrected chi connectivity index (χ0v) is 62.3. The molecule has 0 saturated carbocycles. The number of unbranched alkanes of at least 4 members (excludes halogenated alkanes) is 53. The molecule has 0 heterocycles. The molecule has 5 heteroatoms. The van der Waals surface area contributed by atoms with E-state index in [1.807, 2.05) is 0 Å². The minimum Gasteiger partial charge on any atom is -0.462 e. The Balaban J connectivity index is 3.41. The van der Waals surface area contributed by atoms with Crippen LogP contribution in [0.25, 0.3) is 0 Å². The van der Waals surface area contributed by atoms with Crippen molar-refractivity contribution in [3.8, 4) is 0 Å². The monoisotopic (exact) mass is 1300 g/mol. The summed E-state index contributed by atoms with van der Waals surface area (Å²) in [6.07, 6.45) is 119. The Labute approximate surface area is 580 Å². The Morgan fingerprint density at radius 1 is 0.258 bits per heavy atom. The van der Waals surface area contributed by atoms with Gasteiger partial charge in [0.1, 0.15) is 6.61 Å². The van der Waals surface area contributed by atoms with Crippen molar-refractivity contribution in [2.45, 2.75) is 437 Å². The maximum atomic E-state index is 12.4.